The summed E-state index contributed by atoms with van der Waals surface area (Å²) in [5.74, 6) is 0. The lowest BCUT2D eigenvalue weighted by Gasteiger charge is -2.19. The predicted octanol–water partition coefficient (Wildman–Crippen LogP) is 6.17. The number of para-hydroxylation sites is 2. The van der Waals surface area contributed by atoms with Crippen molar-refractivity contribution >= 4 is 47.9 Å². The Morgan fingerprint density at radius 2 is 1.35 bits per heavy atom. The number of hydrogen-bond acceptors (Lipinski definition) is 1. The number of hydrogen-bond donors (Lipinski definition) is 0. The Morgan fingerprint density at radius 1 is 0.710 bits per heavy atom. The highest BCUT2D eigenvalue weighted by Crippen LogP contribution is 2.35. The molecule has 0 aliphatic carbocycles. The van der Waals surface area contributed by atoms with Crippen LogP contribution in [0, 0.1) is 0 Å². The van der Waals surface area contributed by atoms with Crippen LogP contribution in [0.2, 0.25) is 6.04 Å². The Hall–Kier alpha value is -3.30. The van der Waals surface area contributed by atoms with E-state index in [2.05, 4.69) is 121 Å². The molecule has 0 unspecified atom stereocenters. The van der Waals surface area contributed by atoms with Crippen LogP contribution in [0.1, 0.15) is 13.3 Å². The van der Waals surface area contributed by atoms with Crippen LogP contribution in [0.15, 0.2) is 97.1 Å². The van der Waals surface area contributed by atoms with E-state index in [0.29, 0.717) is 0 Å². The lowest BCUT2D eigenvalue weighted by Crippen LogP contribution is -2.12. The second kappa shape index (κ2) is 8.44. The fourth-order valence-electron chi connectivity index (χ4n) is 4.46. The van der Waals surface area contributed by atoms with Gasteiger partial charge in [-0.15, -0.1) is 0 Å². The van der Waals surface area contributed by atoms with Gasteiger partial charge in [0.2, 0.25) is 0 Å². The van der Waals surface area contributed by atoms with Gasteiger partial charge in [-0.05, 0) is 48.5 Å². The number of fused-ring (bicyclic) bond motifs is 3. The first-order valence-corrected chi connectivity index (χ1v) is 12.9. The molecule has 154 valence electrons. The number of benzene rings is 4. The van der Waals surface area contributed by atoms with Crippen LogP contribution >= 0.6 is 0 Å². The van der Waals surface area contributed by atoms with Gasteiger partial charge in [-0.3, -0.25) is 0 Å². The van der Waals surface area contributed by atoms with Gasteiger partial charge < -0.3 is 9.47 Å². The quantitative estimate of drug-likeness (QED) is 0.298. The molecule has 0 aliphatic rings. The first kappa shape index (κ1) is 19.6. The summed E-state index contributed by atoms with van der Waals surface area (Å²) in [6, 6.07) is 36.7. The van der Waals surface area contributed by atoms with E-state index in [1.165, 1.54) is 51.3 Å². The lowest BCUT2D eigenvalue weighted by molar-refractivity contribution is 1.08. The number of anilines is 2. The van der Waals surface area contributed by atoms with Crippen LogP contribution in [0.5, 0.6) is 0 Å². The van der Waals surface area contributed by atoms with Gasteiger partial charge in [0.25, 0.3) is 0 Å². The first-order chi connectivity index (χ1) is 15.3. The predicted molar refractivity (Wildman–Crippen MR) is 139 cm³/mol. The number of nitrogens with zero attached hydrogens (tertiary/aromatic N) is 2. The van der Waals surface area contributed by atoms with Crippen molar-refractivity contribution in [1.29, 1.82) is 0 Å². The van der Waals surface area contributed by atoms with E-state index < -0.39 is 0 Å². The third-order valence-electron chi connectivity index (χ3n) is 6.18. The van der Waals surface area contributed by atoms with Crippen molar-refractivity contribution in [3.63, 3.8) is 0 Å². The average molecular weight is 421 g/mol. The van der Waals surface area contributed by atoms with Crippen molar-refractivity contribution in [2.24, 2.45) is 0 Å². The van der Waals surface area contributed by atoms with Crippen LogP contribution in [0.4, 0.5) is 11.4 Å². The van der Waals surface area contributed by atoms with Crippen LogP contribution in [0.3, 0.4) is 0 Å². The summed E-state index contributed by atoms with van der Waals surface area (Å²) in [7, 11) is 1.94. The minimum atomic E-state index is -0.206. The molecule has 5 rings (SSSR count). The minimum Gasteiger partial charge on any atom is -0.345 e. The fraction of sp³-hybridized carbons (Fsp3) is 0.143. The molecule has 0 spiro atoms. The summed E-state index contributed by atoms with van der Waals surface area (Å²) >= 11 is 0. The molecule has 31 heavy (non-hydrogen) atoms. The highest BCUT2D eigenvalue weighted by atomic mass is 28.2. The summed E-state index contributed by atoms with van der Waals surface area (Å²) < 4.78 is 2.40. The van der Waals surface area contributed by atoms with E-state index in [1.54, 1.807) is 5.19 Å². The normalized spacial score (nSPS) is 11.7. The van der Waals surface area contributed by atoms with Gasteiger partial charge in [-0.25, -0.2) is 0 Å². The van der Waals surface area contributed by atoms with Gasteiger partial charge in [-0.2, -0.15) is 0 Å². The van der Waals surface area contributed by atoms with Crippen molar-refractivity contribution < 1.29 is 0 Å². The molecule has 5 aromatic rings. The summed E-state index contributed by atoms with van der Waals surface area (Å²) in [5, 5.41) is 4.25. The third kappa shape index (κ3) is 3.66. The van der Waals surface area contributed by atoms with Gasteiger partial charge >= 0.3 is 0 Å². The zero-order valence-electron chi connectivity index (χ0n) is 18.3. The monoisotopic (exact) mass is 420 g/mol. The zero-order valence-corrected chi connectivity index (χ0v) is 19.7. The van der Waals surface area contributed by atoms with E-state index >= 15 is 0 Å². The molecule has 2 nitrogen and oxygen atoms in total. The minimum absolute atomic E-state index is 0.206. The molecule has 0 N–H and O–H groups in total. The molecule has 0 aliphatic heterocycles. The van der Waals surface area contributed by atoms with Crippen LogP contribution in [-0.2, 0) is 0 Å². The van der Waals surface area contributed by atoms with E-state index in [0.717, 1.165) is 0 Å². The van der Waals surface area contributed by atoms with Crippen molar-refractivity contribution in [1.82, 2.24) is 4.57 Å². The van der Waals surface area contributed by atoms with E-state index in [-0.39, 0.29) is 9.52 Å². The summed E-state index contributed by atoms with van der Waals surface area (Å²) in [4.78, 5) is 2.26. The second-order valence-corrected chi connectivity index (χ2v) is 10.2. The number of rotatable bonds is 6. The van der Waals surface area contributed by atoms with E-state index in [1.807, 2.05) is 0 Å². The second-order valence-electron chi connectivity index (χ2n) is 8.22. The molecule has 0 atom stereocenters. The molecule has 0 fully saturated rings. The van der Waals surface area contributed by atoms with Gasteiger partial charge in [0.1, 0.15) is 0 Å². The number of aromatic nitrogens is 1. The highest BCUT2D eigenvalue weighted by molar-refractivity contribution is 6.53. The van der Waals surface area contributed by atoms with E-state index in [4.69, 9.17) is 0 Å². The zero-order chi connectivity index (χ0) is 21.2. The van der Waals surface area contributed by atoms with Crippen molar-refractivity contribution in [2.45, 2.75) is 19.4 Å². The van der Waals surface area contributed by atoms with Crippen LogP contribution in [0.25, 0.3) is 27.5 Å². The summed E-state index contributed by atoms with van der Waals surface area (Å²) in [6.45, 7) is 2.29. The van der Waals surface area contributed by atoms with Crippen LogP contribution < -0.4 is 10.1 Å². The molecule has 4 aromatic carbocycles. The molecule has 0 saturated heterocycles. The molecule has 0 saturated carbocycles. The molecule has 1 aromatic heterocycles. The average Bonchev–Trinajstić information content (AvgIpc) is 3.16. The Labute approximate surface area is 186 Å². The SMILES string of the molecule is CCC[SiH2]c1ccc2c(c1)c1cc(N(C)c3ccccc3)ccc1n2-c1ccccc1. The smallest absolute Gasteiger partial charge is 0.0547 e. The molecular weight excluding hydrogens is 392 g/mol. The van der Waals surface area contributed by atoms with Crippen LogP contribution in [-0.4, -0.2) is 21.1 Å². The molecule has 0 bridgehead atoms. The van der Waals surface area contributed by atoms with Crippen molar-refractivity contribution in [3.8, 4) is 5.69 Å². The Morgan fingerprint density at radius 3 is 2.06 bits per heavy atom. The lowest BCUT2D eigenvalue weighted by atomic mass is 10.1. The van der Waals surface area contributed by atoms with Gasteiger partial charge in [0, 0.05) is 34.9 Å². The molecule has 0 amide bonds. The van der Waals surface area contributed by atoms with Gasteiger partial charge in [0.15, 0.2) is 0 Å². The maximum absolute atomic E-state index is 2.46. The van der Waals surface area contributed by atoms with Crippen molar-refractivity contribution in [2.75, 3.05) is 11.9 Å². The summed E-state index contributed by atoms with van der Waals surface area (Å²) in [5.41, 5.74) is 6.17. The molecule has 3 heteroatoms. The van der Waals surface area contributed by atoms with E-state index in [9.17, 15) is 0 Å². The highest BCUT2D eigenvalue weighted by Gasteiger charge is 2.14. The molecule has 0 radical (unpaired) electrons. The standard InChI is InChI=1S/C28H28N2Si/c1-3-18-31-24-15-17-28-26(20-24)25-19-23(29(2)21-10-6-4-7-11-21)14-16-27(25)30(28)22-12-8-5-9-13-22/h4-17,19-20H,3,18,31H2,1-2H3. The van der Waals surface area contributed by atoms with Gasteiger partial charge in [-0.1, -0.05) is 73.1 Å². The van der Waals surface area contributed by atoms with Crippen molar-refractivity contribution in [3.05, 3.63) is 97.1 Å². The maximum Gasteiger partial charge on any atom is 0.0547 e. The Bertz CT molecular complexity index is 1320. The molecule has 1 heterocycles. The largest absolute Gasteiger partial charge is 0.345 e. The summed E-state index contributed by atoms with van der Waals surface area (Å²) in [6.07, 6.45) is 1.28. The Kier molecular flexibility index (Phi) is 5.35. The topological polar surface area (TPSA) is 8.17 Å². The fourth-order valence-corrected chi connectivity index (χ4v) is 5.85. The molecular formula is C28H28N2Si. The Balaban J connectivity index is 1.73. The first-order valence-electron chi connectivity index (χ1n) is 11.2. The van der Waals surface area contributed by atoms with Gasteiger partial charge in [0.05, 0.1) is 20.6 Å². The maximum atomic E-state index is 2.46. The third-order valence-corrected chi connectivity index (χ3v) is 8.26.